The summed E-state index contributed by atoms with van der Waals surface area (Å²) in [5, 5.41) is 0. The zero-order valence-electron chi connectivity index (χ0n) is 6.70. The van der Waals surface area contributed by atoms with Crippen LogP contribution < -0.4 is 0 Å². The fourth-order valence-electron chi connectivity index (χ4n) is 1.45. The van der Waals surface area contributed by atoms with Crippen molar-refractivity contribution in [1.29, 1.82) is 0 Å². The molecule has 9 heavy (non-hydrogen) atoms. The van der Waals surface area contributed by atoms with Gasteiger partial charge < -0.3 is 0 Å². The number of hydrogen-bond donors (Lipinski definition) is 0. The molecule has 0 spiro atoms. The van der Waals surface area contributed by atoms with Crippen LogP contribution >= 0.6 is 0 Å². The summed E-state index contributed by atoms with van der Waals surface area (Å²) in [5.74, 6) is 0. The van der Waals surface area contributed by atoms with Crippen LogP contribution in [0.1, 0.15) is 13.3 Å². The normalized spacial score (nSPS) is 24.1. The van der Waals surface area contributed by atoms with Crippen molar-refractivity contribution in [2.75, 3.05) is 0 Å². The summed E-state index contributed by atoms with van der Waals surface area (Å²) in [6.07, 6.45) is 3.80. The molecule has 0 saturated heterocycles. The molecule has 52 valence electrons. The van der Waals surface area contributed by atoms with E-state index in [4.69, 9.17) is 0 Å². The molecule has 0 aromatic heterocycles. The third kappa shape index (κ3) is 1.99. The van der Waals surface area contributed by atoms with E-state index in [0.29, 0.717) is 0 Å². The molecule has 0 N–H and O–H groups in total. The van der Waals surface area contributed by atoms with Crippen LogP contribution in [0.4, 0.5) is 0 Å². The van der Waals surface area contributed by atoms with E-state index in [1.54, 1.807) is 5.57 Å². The number of allylic oxidation sites excluding steroid dienone is 2. The van der Waals surface area contributed by atoms with Crippen LogP contribution in [0.15, 0.2) is 11.6 Å². The van der Waals surface area contributed by atoms with Crippen LogP contribution in [-0.4, -0.2) is 18.4 Å². The Balaban J connectivity index is 2.50. The minimum absolute atomic E-state index is 1.31. The zero-order valence-corrected chi connectivity index (χ0v) is 9.55. The van der Waals surface area contributed by atoms with Crippen LogP contribution in [0.3, 0.4) is 0 Å². The maximum absolute atomic E-state index is 2.55. The Bertz CT molecular complexity index is 134. The first kappa shape index (κ1) is 7.64. The van der Waals surface area contributed by atoms with E-state index in [-0.39, 0.29) is 0 Å². The van der Waals surface area contributed by atoms with E-state index < -0.39 is 18.4 Å². The summed E-state index contributed by atoms with van der Waals surface area (Å²) in [6.45, 7) is 2.28. The Labute approximate surface area is 62.2 Å². The van der Waals surface area contributed by atoms with Crippen molar-refractivity contribution >= 4 is 18.4 Å². The van der Waals surface area contributed by atoms with Gasteiger partial charge in [0.1, 0.15) is 0 Å². The Kier molecular flexibility index (Phi) is 2.25. The summed E-state index contributed by atoms with van der Waals surface area (Å²) < 4.78 is 3.03. The third-order valence-corrected chi connectivity index (χ3v) is 9.87. The average molecular weight is 231 g/mol. The van der Waals surface area contributed by atoms with Crippen LogP contribution in [0.25, 0.3) is 0 Å². The summed E-state index contributed by atoms with van der Waals surface area (Å²) >= 11 is -1.38. The second-order valence-electron chi connectivity index (χ2n) is 3.76. The quantitative estimate of drug-likeness (QED) is 0.480. The van der Waals surface area contributed by atoms with Gasteiger partial charge in [-0.1, -0.05) is 0 Å². The monoisotopic (exact) mass is 232 g/mol. The van der Waals surface area contributed by atoms with Gasteiger partial charge in [-0.2, -0.15) is 0 Å². The predicted molar refractivity (Wildman–Crippen MR) is 45.5 cm³/mol. The number of hydrogen-bond acceptors (Lipinski definition) is 0. The van der Waals surface area contributed by atoms with Gasteiger partial charge in [0.2, 0.25) is 0 Å². The molecular formula is C8H16Sn. The van der Waals surface area contributed by atoms with Crippen LogP contribution in [0.2, 0.25) is 18.8 Å². The molecule has 0 aromatic carbocycles. The van der Waals surface area contributed by atoms with Gasteiger partial charge in [0, 0.05) is 0 Å². The Morgan fingerprint density at radius 2 is 2.22 bits per heavy atom. The van der Waals surface area contributed by atoms with Crippen molar-refractivity contribution in [2.24, 2.45) is 0 Å². The van der Waals surface area contributed by atoms with Crippen molar-refractivity contribution in [2.45, 2.75) is 32.1 Å². The van der Waals surface area contributed by atoms with Gasteiger partial charge in [0.15, 0.2) is 0 Å². The van der Waals surface area contributed by atoms with Gasteiger partial charge in [-0.05, 0) is 0 Å². The van der Waals surface area contributed by atoms with Gasteiger partial charge in [0.25, 0.3) is 0 Å². The molecule has 1 aliphatic heterocycles. The first-order chi connectivity index (χ1) is 4.14. The molecule has 0 atom stereocenters. The van der Waals surface area contributed by atoms with Gasteiger partial charge in [-0.25, -0.2) is 0 Å². The standard InChI is InChI=1S/C6H10.2CH3.Sn/c1-4-6(3)5-2;;;/h4H,1,3,5H2,2H3;2*1H3;. The van der Waals surface area contributed by atoms with Crippen molar-refractivity contribution in [1.82, 2.24) is 0 Å². The van der Waals surface area contributed by atoms with Crippen LogP contribution in [-0.2, 0) is 0 Å². The predicted octanol–water partition coefficient (Wildman–Crippen LogP) is 3.04. The average Bonchev–Trinajstić information content (AvgIpc) is 2.10. The molecule has 0 unspecified atom stereocenters. The molecule has 0 saturated carbocycles. The SMILES string of the molecule is CCC1=C[CH2][Sn]([CH3])([CH3])[CH2]1. The Hall–Kier alpha value is 0.539. The van der Waals surface area contributed by atoms with Gasteiger partial charge >= 0.3 is 62.1 Å². The molecule has 1 heteroatoms. The first-order valence-electron chi connectivity index (χ1n) is 3.82. The molecule has 1 heterocycles. The van der Waals surface area contributed by atoms with E-state index in [9.17, 15) is 0 Å². The summed E-state index contributed by atoms with van der Waals surface area (Å²) in [6, 6.07) is 0. The van der Waals surface area contributed by atoms with Crippen molar-refractivity contribution < 1.29 is 0 Å². The van der Waals surface area contributed by atoms with E-state index >= 15 is 0 Å². The van der Waals surface area contributed by atoms with E-state index in [2.05, 4.69) is 22.9 Å². The van der Waals surface area contributed by atoms with Crippen molar-refractivity contribution in [3.63, 3.8) is 0 Å². The second-order valence-corrected chi connectivity index (χ2v) is 18.3. The molecule has 0 fully saturated rings. The van der Waals surface area contributed by atoms with Gasteiger partial charge in [-0.15, -0.1) is 0 Å². The minimum atomic E-state index is -1.38. The van der Waals surface area contributed by atoms with Crippen LogP contribution in [0, 0.1) is 0 Å². The van der Waals surface area contributed by atoms with Crippen molar-refractivity contribution in [3.8, 4) is 0 Å². The molecule has 0 radical (unpaired) electrons. The van der Waals surface area contributed by atoms with Gasteiger partial charge in [0.05, 0.1) is 0 Å². The summed E-state index contributed by atoms with van der Waals surface area (Å²) in [5.41, 5.74) is 1.75. The fraction of sp³-hybridized carbons (Fsp3) is 0.750. The molecule has 0 aliphatic carbocycles. The molecular weight excluding hydrogens is 215 g/mol. The molecule has 1 aliphatic rings. The topological polar surface area (TPSA) is 0 Å². The van der Waals surface area contributed by atoms with Crippen LogP contribution in [0.5, 0.6) is 0 Å². The first-order valence-corrected chi connectivity index (χ1v) is 13.6. The van der Waals surface area contributed by atoms with Gasteiger partial charge in [-0.3, -0.25) is 0 Å². The maximum atomic E-state index is 2.55. The Morgan fingerprint density at radius 1 is 1.56 bits per heavy atom. The molecule has 0 amide bonds. The van der Waals surface area contributed by atoms with E-state index in [1.165, 1.54) is 15.3 Å². The molecule has 0 nitrogen and oxygen atoms in total. The van der Waals surface area contributed by atoms with E-state index in [1.807, 2.05) is 0 Å². The third-order valence-electron chi connectivity index (χ3n) is 2.10. The fourth-order valence-corrected chi connectivity index (χ4v) is 8.90. The van der Waals surface area contributed by atoms with E-state index in [0.717, 1.165) is 0 Å². The Morgan fingerprint density at radius 3 is 2.44 bits per heavy atom. The van der Waals surface area contributed by atoms with Crippen molar-refractivity contribution in [3.05, 3.63) is 11.6 Å². The molecule has 0 aromatic rings. The summed E-state index contributed by atoms with van der Waals surface area (Å²) in [4.78, 5) is 5.10. The second kappa shape index (κ2) is 2.65. The number of rotatable bonds is 1. The molecule has 0 bridgehead atoms. The zero-order chi connectivity index (χ0) is 6.91. The molecule has 1 rings (SSSR count). The summed E-state index contributed by atoms with van der Waals surface area (Å²) in [7, 11) is 0.